The van der Waals surface area contributed by atoms with Gasteiger partial charge in [-0.1, -0.05) is 42.0 Å². The van der Waals surface area contributed by atoms with E-state index in [-0.39, 0.29) is 0 Å². The molecule has 0 aliphatic rings. The van der Waals surface area contributed by atoms with Gasteiger partial charge < -0.3 is 10.1 Å². The largest absolute Gasteiger partial charge is 0.495 e. The molecule has 0 bridgehead atoms. The van der Waals surface area contributed by atoms with Gasteiger partial charge in [0, 0.05) is 11.6 Å². The molecule has 3 rings (SSSR count). The van der Waals surface area contributed by atoms with Crippen LogP contribution < -0.4 is 10.1 Å². The number of aromatic nitrogens is 2. The van der Waals surface area contributed by atoms with Crippen LogP contribution in [0.15, 0.2) is 60.9 Å². The van der Waals surface area contributed by atoms with Gasteiger partial charge in [0.2, 0.25) is 0 Å². The van der Waals surface area contributed by atoms with E-state index in [1.165, 1.54) is 5.56 Å². The van der Waals surface area contributed by atoms with Crippen molar-refractivity contribution in [3.63, 3.8) is 0 Å². The first-order valence-electron chi connectivity index (χ1n) is 7.05. The number of para-hydroxylation sites is 2. The molecular weight excluding hydrogens is 274 g/mol. The molecule has 0 atom stereocenters. The van der Waals surface area contributed by atoms with E-state index in [9.17, 15) is 0 Å². The summed E-state index contributed by atoms with van der Waals surface area (Å²) in [4.78, 5) is 8.62. The van der Waals surface area contributed by atoms with Crippen molar-refractivity contribution in [1.82, 2.24) is 9.97 Å². The number of hydrogen-bond acceptors (Lipinski definition) is 4. The van der Waals surface area contributed by atoms with Crippen LogP contribution in [0.2, 0.25) is 0 Å². The Morgan fingerprint density at radius 2 is 1.73 bits per heavy atom. The number of aryl methyl sites for hydroxylation is 1. The Bertz CT molecular complexity index is 769. The van der Waals surface area contributed by atoms with Crippen LogP contribution in [-0.4, -0.2) is 17.1 Å². The Morgan fingerprint density at radius 3 is 2.50 bits per heavy atom. The number of hydrogen-bond donors (Lipinski definition) is 1. The van der Waals surface area contributed by atoms with Crippen molar-refractivity contribution in [1.29, 1.82) is 0 Å². The summed E-state index contributed by atoms with van der Waals surface area (Å²) in [6.07, 6.45) is 1.56. The lowest BCUT2D eigenvalue weighted by Gasteiger charge is -2.10. The summed E-state index contributed by atoms with van der Waals surface area (Å²) in [6, 6.07) is 17.9. The average Bonchev–Trinajstić information content (AvgIpc) is 2.56. The van der Waals surface area contributed by atoms with E-state index in [0.29, 0.717) is 0 Å². The van der Waals surface area contributed by atoms with Crippen LogP contribution in [0.3, 0.4) is 0 Å². The zero-order valence-corrected chi connectivity index (χ0v) is 12.6. The van der Waals surface area contributed by atoms with E-state index >= 15 is 0 Å². The molecule has 0 amide bonds. The minimum absolute atomic E-state index is 0.732. The molecule has 3 aromatic rings. The predicted octanol–water partition coefficient (Wildman–Crippen LogP) is 4.20. The highest BCUT2D eigenvalue weighted by atomic mass is 16.5. The molecule has 0 spiro atoms. The molecule has 1 N–H and O–H groups in total. The first-order chi connectivity index (χ1) is 10.8. The van der Waals surface area contributed by atoms with Gasteiger partial charge in [-0.25, -0.2) is 9.97 Å². The summed E-state index contributed by atoms with van der Waals surface area (Å²) in [5, 5.41) is 3.27. The normalized spacial score (nSPS) is 10.3. The van der Waals surface area contributed by atoms with Gasteiger partial charge in [0.1, 0.15) is 17.9 Å². The summed E-state index contributed by atoms with van der Waals surface area (Å²) in [5.41, 5.74) is 4.05. The molecule has 2 aromatic carbocycles. The second-order valence-corrected chi connectivity index (χ2v) is 4.98. The highest BCUT2D eigenvalue weighted by Gasteiger charge is 2.05. The van der Waals surface area contributed by atoms with Crippen molar-refractivity contribution in [3.8, 4) is 17.0 Å². The van der Waals surface area contributed by atoms with Gasteiger partial charge in [-0.2, -0.15) is 0 Å². The van der Waals surface area contributed by atoms with Gasteiger partial charge in [0.25, 0.3) is 0 Å². The van der Waals surface area contributed by atoms with Crippen molar-refractivity contribution in [2.75, 3.05) is 12.4 Å². The van der Waals surface area contributed by atoms with Crippen LogP contribution in [0.25, 0.3) is 11.3 Å². The number of nitrogens with one attached hydrogen (secondary N) is 1. The van der Waals surface area contributed by atoms with E-state index in [4.69, 9.17) is 4.74 Å². The second kappa shape index (κ2) is 6.26. The molecule has 1 aromatic heterocycles. The molecule has 4 heteroatoms. The summed E-state index contributed by atoms with van der Waals surface area (Å²) >= 11 is 0. The molecule has 0 aliphatic carbocycles. The average molecular weight is 291 g/mol. The van der Waals surface area contributed by atoms with Crippen LogP contribution in [0.1, 0.15) is 5.56 Å². The first-order valence-corrected chi connectivity index (χ1v) is 7.05. The minimum atomic E-state index is 0.732. The lowest BCUT2D eigenvalue weighted by atomic mass is 10.1. The Hall–Kier alpha value is -2.88. The molecule has 0 unspecified atom stereocenters. The van der Waals surface area contributed by atoms with E-state index in [1.807, 2.05) is 30.3 Å². The predicted molar refractivity (Wildman–Crippen MR) is 88.5 cm³/mol. The third-order valence-electron chi connectivity index (χ3n) is 3.38. The zero-order chi connectivity index (χ0) is 15.4. The molecule has 1 heterocycles. The van der Waals surface area contributed by atoms with Crippen molar-refractivity contribution >= 4 is 11.5 Å². The topological polar surface area (TPSA) is 47.0 Å². The van der Waals surface area contributed by atoms with Gasteiger partial charge in [-0.3, -0.25) is 0 Å². The highest BCUT2D eigenvalue weighted by Crippen LogP contribution is 2.27. The zero-order valence-electron chi connectivity index (χ0n) is 12.6. The van der Waals surface area contributed by atoms with E-state index < -0.39 is 0 Å². The number of methoxy groups -OCH3 is 1. The molecule has 4 nitrogen and oxygen atoms in total. The Balaban J connectivity index is 1.89. The van der Waals surface area contributed by atoms with Crippen LogP contribution in [0.4, 0.5) is 11.5 Å². The van der Waals surface area contributed by atoms with Crippen LogP contribution in [-0.2, 0) is 0 Å². The Morgan fingerprint density at radius 1 is 0.955 bits per heavy atom. The Kier molecular flexibility index (Phi) is 4.01. The molecule has 0 aliphatic heterocycles. The lowest BCUT2D eigenvalue weighted by molar-refractivity contribution is 0.417. The summed E-state index contributed by atoms with van der Waals surface area (Å²) in [7, 11) is 1.65. The second-order valence-electron chi connectivity index (χ2n) is 4.98. The summed E-state index contributed by atoms with van der Waals surface area (Å²) < 4.78 is 5.34. The van der Waals surface area contributed by atoms with Gasteiger partial charge in [0.05, 0.1) is 18.5 Å². The number of anilines is 2. The fourth-order valence-electron chi connectivity index (χ4n) is 2.19. The molecule has 0 fully saturated rings. The molecule has 110 valence electrons. The van der Waals surface area contributed by atoms with Crippen LogP contribution in [0, 0.1) is 6.92 Å². The molecule has 22 heavy (non-hydrogen) atoms. The fraction of sp³-hybridized carbons (Fsp3) is 0.111. The number of rotatable bonds is 4. The van der Waals surface area contributed by atoms with Crippen molar-refractivity contribution in [3.05, 3.63) is 66.5 Å². The maximum Gasteiger partial charge on any atom is 0.142 e. The Labute approximate surface area is 129 Å². The third-order valence-corrected chi connectivity index (χ3v) is 3.38. The first kappa shape index (κ1) is 14.1. The van der Waals surface area contributed by atoms with E-state index in [0.717, 1.165) is 28.5 Å². The van der Waals surface area contributed by atoms with Gasteiger partial charge in [0.15, 0.2) is 0 Å². The SMILES string of the molecule is COc1ccccc1Nc1cc(-c2ccc(C)cc2)ncn1. The van der Waals surface area contributed by atoms with Crippen LogP contribution in [0.5, 0.6) is 5.75 Å². The molecule has 0 saturated heterocycles. The minimum Gasteiger partial charge on any atom is -0.495 e. The molecular formula is C18H17N3O. The highest BCUT2D eigenvalue weighted by molar-refractivity contribution is 5.68. The standard InChI is InChI=1S/C18H17N3O/c1-13-7-9-14(10-8-13)16-11-18(20-12-19-16)21-15-5-3-4-6-17(15)22-2/h3-12H,1-2H3,(H,19,20,21). The monoisotopic (exact) mass is 291 g/mol. The van der Waals surface area contributed by atoms with E-state index in [2.05, 4.69) is 46.5 Å². The number of ether oxygens (including phenoxy) is 1. The number of nitrogens with zero attached hydrogens (tertiary/aromatic N) is 2. The van der Waals surface area contributed by atoms with E-state index in [1.54, 1.807) is 13.4 Å². The van der Waals surface area contributed by atoms with Gasteiger partial charge in [-0.05, 0) is 19.1 Å². The lowest BCUT2D eigenvalue weighted by Crippen LogP contribution is -1.97. The van der Waals surface area contributed by atoms with Crippen molar-refractivity contribution < 1.29 is 4.74 Å². The number of benzene rings is 2. The fourth-order valence-corrected chi connectivity index (χ4v) is 2.19. The third kappa shape index (κ3) is 3.06. The summed E-state index contributed by atoms with van der Waals surface area (Å²) in [5.74, 6) is 1.51. The summed E-state index contributed by atoms with van der Waals surface area (Å²) in [6.45, 7) is 2.07. The smallest absolute Gasteiger partial charge is 0.142 e. The molecule has 0 radical (unpaired) electrons. The van der Waals surface area contributed by atoms with Crippen molar-refractivity contribution in [2.24, 2.45) is 0 Å². The molecule has 0 saturated carbocycles. The maximum absolute atomic E-state index is 5.34. The quantitative estimate of drug-likeness (QED) is 0.782. The maximum atomic E-state index is 5.34. The van der Waals surface area contributed by atoms with Crippen LogP contribution >= 0.6 is 0 Å². The van der Waals surface area contributed by atoms with Gasteiger partial charge >= 0.3 is 0 Å². The van der Waals surface area contributed by atoms with Crippen molar-refractivity contribution in [2.45, 2.75) is 6.92 Å². The van der Waals surface area contributed by atoms with Gasteiger partial charge in [-0.15, -0.1) is 0 Å².